The van der Waals surface area contributed by atoms with Crippen molar-refractivity contribution >= 4 is 0 Å². The van der Waals surface area contributed by atoms with Gasteiger partial charge in [0.15, 0.2) is 0 Å². The smallest absolute Gasteiger partial charge is 0.126 e. The molecule has 1 aliphatic heterocycles. The monoisotopic (exact) mass is 296 g/mol. The lowest BCUT2D eigenvalue weighted by Crippen LogP contribution is -2.63. The van der Waals surface area contributed by atoms with Crippen molar-refractivity contribution in [3.63, 3.8) is 0 Å². The van der Waals surface area contributed by atoms with Gasteiger partial charge < -0.3 is 5.32 Å². The van der Waals surface area contributed by atoms with Gasteiger partial charge in [0.2, 0.25) is 0 Å². The average Bonchev–Trinajstić information content (AvgIpc) is 2.40. The molecule has 1 aliphatic rings. The lowest BCUT2D eigenvalue weighted by atomic mass is 9.89. The Labute approximate surface area is 126 Å². The lowest BCUT2D eigenvalue weighted by Gasteiger charge is -2.49. The second-order valence-corrected chi connectivity index (χ2v) is 6.74. The molecule has 1 aromatic carbocycles. The van der Waals surface area contributed by atoms with E-state index in [2.05, 4.69) is 37.9 Å². The van der Waals surface area contributed by atoms with Gasteiger partial charge in [-0.25, -0.2) is 8.78 Å². The predicted octanol–water partition coefficient (Wildman–Crippen LogP) is 3.56. The summed E-state index contributed by atoms with van der Waals surface area (Å²) in [6.45, 7) is 11.2. The van der Waals surface area contributed by atoms with Crippen LogP contribution in [0.2, 0.25) is 0 Å². The molecule has 0 amide bonds. The molecule has 1 heterocycles. The molecule has 2 rings (SSSR count). The number of piperazine rings is 1. The van der Waals surface area contributed by atoms with Gasteiger partial charge in [-0.15, -0.1) is 0 Å². The van der Waals surface area contributed by atoms with Crippen molar-refractivity contribution in [2.24, 2.45) is 5.92 Å². The quantitative estimate of drug-likeness (QED) is 0.914. The summed E-state index contributed by atoms with van der Waals surface area (Å²) in [5, 5.41) is 3.61. The summed E-state index contributed by atoms with van der Waals surface area (Å²) in [4.78, 5) is 2.36. The zero-order chi connectivity index (χ0) is 15.6. The van der Waals surface area contributed by atoms with E-state index in [-0.39, 0.29) is 5.54 Å². The van der Waals surface area contributed by atoms with Gasteiger partial charge >= 0.3 is 0 Å². The minimum atomic E-state index is -0.501. The highest BCUT2D eigenvalue weighted by Gasteiger charge is 2.37. The minimum Gasteiger partial charge on any atom is -0.311 e. The molecule has 2 unspecified atom stereocenters. The molecule has 1 saturated heterocycles. The van der Waals surface area contributed by atoms with E-state index < -0.39 is 11.6 Å². The van der Waals surface area contributed by atoms with Gasteiger partial charge in [-0.2, -0.15) is 0 Å². The largest absolute Gasteiger partial charge is 0.311 e. The summed E-state index contributed by atoms with van der Waals surface area (Å²) in [5.74, 6) is -0.462. The first kappa shape index (κ1) is 16.4. The van der Waals surface area contributed by atoms with E-state index in [9.17, 15) is 8.78 Å². The van der Waals surface area contributed by atoms with Crippen molar-refractivity contribution in [1.82, 2.24) is 10.2 Å². The van der Waals surface area contributed by atoms with Crippen LogP contribution in [-0.2, 0) is 6.54 Å². The number of rotatable bonds is 4. The van der Waals surface area contributed by atoms with Crippen LogP contribution in [0.3, 0.4) is 0 Å². The Balaban J connectivity index is 2.20. The molecule has 21 heavy (non-hydrogen) atoms. The SMILES string of the molecule is CCC1(C)CNC(C(C)C)CN1Cc1cc(F)cc(F)c1. The highest BCUT2D eigenvalue weighted by molar-refractivity contribution is 5.18. The maximum absolute atomic E-state index is 13.4. The maximum Gasteiger partial charge on any atom is 0.126 e. The fourth-order valence-electron chi connectivity index (χ4n) is 2.96. The second kappa shape index (κ2) is 6.41. The summed E-state index contributed by atoms with van der Waals surface area (Å²) in [6, 6.07) is 4.22. The van der Waals surface area contributed by atoms with Gasteiger partial charge in [0.05, 0.1) is 0 Å². The van der Waals surface area contributed by atoms with Crippen molar-refractivity contribution in [3.8, 4) is 0 Å². The van der Waals surface area contributed by atoms with Crippen LogP contribution in [-0.4, -0.2) is 29.6 Å². The van der Waals surface area contributed by atoms with Crippen molar-refractivity contribution in [1.29, 1.82) is 0 Å². The third-order valence-corrected chi connectivity index (χ3v) is 4.79. The number of hydrogen-bond donors (Lipinski definition) is 1. The molecular weight excluding hydrogens is 270 g/mol. The first-order valence-electron chi connectivity index (χ1n) is 7.77. The normalized spacial score (nSPS) is 27.3. The number of nitrogens with one attached hydrogen (secondary N) is 1. The maximum atomic E-state index is 13.4. The molecule has 0 saturated carbocycles. The molecular formula is C17H26F2N2. The van der Waals surface area contributed by atoms with E-state index in [0.29, 0.717) is 24.1 Å². The van der Waals surface area contributed by atoms with Gasteiger partial charge in [0.1, 0.15) is 11.6 Å². The van der Waals surface area contributed by atoms with Crippen LogP contribution < -0.4 is 5.32 Å². The Kier molecular flexibility index (Phi) is 4.99. The highest BCUT2D eigenvalue weighted by atomic mass is 19.1. The molecule has 1 fully saturated rings. The molecule has 0 radical (unpaired) electrons. The Morgan fingerprint density at radius 1 is 1.29 bits per heavy atom. The minimum absolute atomic E-state index is 0.0220. The molecule has 0 aliphatic carbocycles. The zero-order valence-corrected chi connectivity index (χ0v) is 13.4. The molecule has 2 atom stereocenters. The van der Waals surface area contributed by atoms with Gasteiger partial charge in [-0.05, 0) is 37.0 Å². The van der Waals surface area contributed by atoms with Gasteiger partial charge in [-0.3, -0.25) is 4.90 Å². The van der Waals surface area contributed by atoms with E-state index in [1.54, 1.807) is 0 Å². The molecule has 0 bridgehead atoms. The number of benzene rings is 1. The third kappa shape index (κ3) is 3.80. The van der Waals surface area contributed by atoms with Crippen molar-refractivity contribution in [3.05, 3.63) is 35.4 Å². The number of halogens is 2. The van der Waals surface area contributed by atoms with Crippen molar-refractivity contribution in [2.75, 3.05) is 13.1 Å². The number of nitrogens with zero attached hydrogens (tertiary/aromatic N) is 1. The molecule has 4 heteroatoms. The lowest BCUT2D eigenvalue weighted by molar-refractivity contribution is 0.0315. The van der Waals surface area contributed by atoms with E-state index >= 15 is 0 Å². The number of hydrogen-bond acceptors (Lipinski definition) is 2. The highest BCUT2D eigenvalue weighted by Crippen LogP contribution is 2.27. The van der Waals surface area contributed by atoms with Crippen LogP contribution in [0, 0.1) is 17.6 Å². The van der Waals surface area contributed by atoms with Gasteiger partial charge in [-0.1, -0.05) is 20.8 Å². The van der Waals surface area contributed by atoms with E-state index in [1.165, 1.54) is 12.1 Å². The summed E-state index contributed by atoms with van der Waals surface area (Å²) >= 11 is 0. The average molecular weight is 296 g/mol. The van der Waals surface area contributed by atoms with E-state index in [0.717, 1.165) is 25.6 Å². The fraction of sp³-hybridized carbons (Fsp3) is 0.647. The van der Waals surface area contributed by atoms with Gasteiger partial charge in [0, 0.05) is 37.3 Å². The summed E-state index contributed by atoms with van der Waals surface area (Å²) in [5.41, 5.74) is 0.727. The first-order valence-corrected chi connectivity index (χ1v) is 7.77. The summed E-state index contributed by atoms with van der Waals surface area (Å²) < 4.78 is 26.8. The molecule has 0 spiro atoms. The summed E-state index contributed by atoms with van der Waals surface area (Å²) in [7, 11) is 0. The van der Waals surface area contributed by atoms with Gasteiger partial charge in [0.25, 0.3) is 0 Å². The van der Waals surface area contributed by atoms with Crippen molar-refractivity contribution < 1.29 is 8.78 Å². The predicted molar refractivity (Wildman–Crippen MR) is 82.1 cm³/mol. The Morgan fingerprint density at radius 2 is 1.90 bits per heavy atom. The second-order valence-electron chi connectivity index (χ2n) is 6.74. The molecule has 1 N–H and O–H groups in total. The van der Waals surface area contributed by atoms with Crippen LogP contribution in [0.5, 0.6) is 0 Å². The van der Waals surface area contributed by atoms with Crippen LogP contribution in [0.4, 0.5) is 8.78 Å². The zero-order valence-electron chi connectivity index (χ0n) is 13.4. The molecule has 0 aromatic heterocycles. The molecule has 118 valence electrons. The standard InChI is InChI=1S/C17H26F2N2/c1-5-17(4)11-20-16(12(2)3)10-21(17)9-13-6-14(18)8-15(19)7-13/h6-8,12,16,20H,5,9-11H2,1-4H3. The van der Waals surface area contributed by atoms with E-state index in [4.69, 9.17) is 0 Å². The topological polar surface area (TPSA) is 15.3 Å². The Morgan fingerprint density at radius 3 is 2.43 bits per heavy atom. The van der Waals surface area contributed by atoms with Crippen LogP contribution >= 0.6 is 0 Å². The summed E-state index contributed by atoms with van der Waals surface area (Å²) in [6.07, 6.45) is 1.00. The Hall–Kier alpha value is -1.00. The first-order chi connectivity index (χ1) is 9.84. The third-order valence-electron chi connectivity index (χ3n) is 4.79. The fourth-order valence-corrected chi connectivity index (χ4v) is 2.96. The Bertz CT molecular complexity index is 469. The van der Waals surface area contributed by atoms with Crippen LogP contribution in [0.25, 0.3) is 0 Å². The molecule has 1 aromatic rings. The van der Waals surface area contributed by atoms with E-state index in [1.807, 2.05) is 0 Å². The van der Waals surface area contributed by atoms with Crippen LogP contribution in [0.1, 0.15) is 39.7 Å². The van der Waals surface area contributed by atoms with Crippen LogP contribution in [0.15, 0.2) is 18.2 Å². The molecule has 2 nitrogen and oxygen atoms in total. The van der Waals surface area contributed by atoms with Crippen molar-refractivity contribution in [2.45, 2.75) is 52.2 Å².